The Labute approximate surface area is 96.8 Å². The zero-order valence-corrected chi connectivity index (χ0v) is 10.3. The standard InChI is InChI=1S/C13H19NO2/c1-9(2)12(13(15)16-4)14-11-7-5-6-10(3)8-11/h5-9,12,14H,1-4H3. The Morgan fingerprint density at radius 1 is 1.38 bits per heavy atom. The lowest BCUT2D eigenvalue weighted by molar-refractivity contribution is -0.142. The van der Waals surface area contributed by atoms with E-state index in [0.29, 0.717) is 0 Å². The summed E-state index contributed by atoms with van der Waals surface area (Å²) >= 11 is 0. The van der Waals surface area contributed by atoms with Crippen molar-refractivity contribution in [1.29, 1.82) is 0 Å². The first-order chi connectivity index (χ1) is 7.54. The van der Waals surface area contributed by atoms with Gasteiger partial charge in [-0.1, -0.05) is 26.0 Å². The molecule has 0 heterocycles. The van der Waals surface area contributed by atoms with Crippen LogP contribution in [0.1, 0.15) is 19.4 Å². The smallest absolute Gasteiger partial charge is 0.328 e. The van der Waals surface area contributed by atoms with E-state index in [1.807, 2.05) is 45.0 Å². The normalized spacial score (nSPS) is 12.3. The maximum atomic E-state index is 11.6. The van der Waals surface area contributed by atoms with E-state index in [9.17, 15) is 4.79 Å². The van der Waals surface area contributed by atoms with Crippen molar-refractivity contribution >= 4 is 11.7 Å². The average molecular weight is 221 g/mol. The molecule has 88 valence electrons. The van der Waals surface area contributed by atoms with E-state index in [1.54, 1.807) is 0 Å². The zero-order valence-electron chi connectivity index (χ0n) is 10.3. The molecule has 1 unspecified atom stereocenters. The number of methoxy groups -OCH3 is 1. The van der Waals surface area contributed by atoms with Crippen molar-refractivity contribution < 1.29 is 9.53 Å². The van der Waals surface area contributed by atoms with Crippen molar-refractivity contribution in [3.05, 3.63) is 29.8 Å². The lowest BCUT2D eigenvalue weighted by Gasteiger charge is -2.21. The number of hydrogen-bond donors (Lipinski definition) is 1. The van der Waals surface area contributed by atoms with Gasteiger partial charge in [-0.2, -0.15) is 0 Å². The third kappa shape index (κ3) is 3.26. The second-order valence-electron chi connectivity index (χ2n) is 4.26. The minimum Gasteiger partial charge on any atom is -0.467 e. The van der Waals surface area contributed by atoms with E-state index < -0.39 is 0 Å². The van der Waals surface area contributed by atoms with Gasteiger partial charge in [-0.3, -0.25) is 0 Å². The van der Waals surface area contributed by atoms with Crippen LogP contribution in [0.25, 0.3) is 0 Å². The molecule has 0 radical (unpaired) electrons. The van der Waals surface area contributed by atoms with Gasteiger partial charge < -0.3 is 10.1 Å². The van der Waals surface area contributed by atoms with Gasteiger partial charge in [0.2, 0.25) is 0 Å². The molecule has 0 aliphatic heterocycles. The molecule has 3 heteroatoms. The quantitative estimate of drug-likeness (QED) is 0.794. The fourth-order valence-corrected chi connectivity index (χ4v) is 1.54. The fourth-order valence-electron chi connectivity index (χ4n) is 1.54. The molecule has 1 rings (SSSR count). The topological polar surface area (TPSA) is 38.3 Å². The first kappa shape index (κ1) is 12.6. The summed E-state index contributed by atoms with van der Waals surface area (Å²) in [6.07, 6.45) is 0. The van der Waals surface area contributed by atoms with Gasteiger partial charge in [0.25, 0.3) is 0 Å². The second kappa shape index (κ2) is 5.54. The van der Waals surface area contributed by atoms with Crippen molar-refractivity contribution in [2.45, 2.75) is 26.8 Å². The Bertz CT molecular complexity index is 361. The molecule has 0 spiro atoms. The molecule has 1 atom stereocenters. The van der Waals surface area contributed by atoms with Crippen molar-refractivity contribution in [1.82, 2.24) is 0 Å². The molecule has 0 aliphatic carbocycles. The molecule has 0 amide bonds. The van der Waals surface area contributed by atoms with Crippen LogP contribution >= 0.6 is 0 Å². The Morgan fingerprint density at radius 2 is 2.06 bits per heavy atom. The summed E-state index contributed by atoms with van der Waals surface area (Å²) in [5.41, 5.74) is 2.11. The highest BCUT2D eigenvalue weighted by Gasteiger charge is 2.22. The molecule has 0 fully saturated rings. The van der Waals surface area contributed by atoms with E-state index in [0.717, 1.165) is 11.3 Å². The number of carbonyl (C=O) groups is 1. The van der Waals surface area contributed by atoms with Crippen LogP contribution in [0, 0.1) is 12.8 Å². The van der Waals surface area contributed by atoms with Crippen LogP contribution in [0.15, 0.2) is 24.3 Å². The number of esters is 1. The van der Waals surface area contributed by atoms with Crippen molar-refractivity contribution in [3.8, 4) is 0 Å². The molecule has 16 heavy (non-hydrogen) atoms. The Hall–Kier alpha value is -1.51. The monoisotopic (exact) mass is 221 g/mol. The lowest BCUT2D eigenvalue weighted by atomic mass is 10.0. The first-order valence-corrected chi connectivity index (χ1v) is 5.45. The van der Waals surface area contributed by atoms with Crippen LogP contribution in [0.2, 0.25) is 0 Å². The largest absolute Gasteiger partial charge is 0.467 e. The van der Waals surface area contributed by atoms with Crippen molar-refractivity contribution in [2.24, 2.45) is 5.92 Å². The van der Waals surface area contributed by atoms with Gasteiger partial charge >= 0.3 is 5.97 Å². The second-order valence-corrected chi connectivity index (χ2v) is 4.26. The lowest BCUT2D eigenvalue weighted by Crippen LogP contribution is -2.35. The minimum absolute atomic E-state index is 0.188. The zero-order chi connectivity index (χ0) is 12.1. The summed E-state index contributed by atoms with van der Waals surface area (Å²) in [6.45, 7) is 6.00. The van der Waals surface area contributed by atoms with Crippen LogP contribution in [0.5, 0.6) is 0 Å². The fraction of sp³-hybridized carbons (Fsp3) is 0.462. The highest BCUT2D eigenvalue weighted by Crippen LogP contribution is 2.15. The molecular formula is C13H19NO2. The molecule has 1 N–H and O–H groups in total. The van der Waals surface area contributed by atoms with E-state index in [1.165, 1.54) is 7.11 Å². The van der Waals surface area contributed by atoms with E-state index in [-0.39, 0.29) is 17.9 Å². The molecule has 0 saturated heterocycles. The summed E-state index contributed by atoms with van der Waals surface area (Å²) in [7, 11) is 1.41. The van der Waals surface area contributed by atoms with Crippen LogP contribution in [0.4, 0.5) is 5.69 Å². The molecule has 0 saturated carbocycles. The van der Waals surface area contributed by atoms with Crippen LogP contribution in [-0.4, -0.2) is 19.1 Å². The van der Waals surface area contributed by atoms with Crippen molar-refractivity contribution in [2.75, 3.05) is 12.4 Å². The van der Waals surface area contributed by atoms with Gasteiger partial charge in [0.05, 0.1) is 7.11 Å². The molecular weight excluding hydrogens is 202 g/mol. The van der Waals surface area contributed by atoms with E-state index >= 15 is 0 Å². The van der Waals surface area contributed by atoms with E-state index in [2.05, 4.69) is 5.32 Å². The molecule has 0 bridgehead atoms. The predicted octanol–water partition coefficient (Wildman–Crippen LogP) is 2.60. The van der Waals surface area contributed by atoms with Gasteiger partial charge in [-0.05, 0) is 30.5 Å². The van der Waals surface area contributed by atoms with Gasteiger partial charge in [-0.15, -0.1) is 0 Å². The van der Waals surface area contributed by atoms with Gasteiger partial charge in [0.15, 0.2) is 0 Å². The van der Waals surface area contributed by atoms with Gasteiger partial charge in [0.1, 0.15) is 6.04 Å². The number of aryl methyl sites for hydroxylation is 1. The Balaban J connectivity index is 2.79. The summed E-state index contributed by atoms with van der Waals surface area (Å²) in [5, 5.41) is 3.20. The predicted molar refractivity (Wildman–Crippen MR) is 65.4 cm³/mol. The summed E-state index contributed by atoms with van der Waals surface area (Å²) in [6, 6.07) is 7.65. The van der Waals surface area contributed by atoms with Gasteiger partial charge in [-0.25, -0.2) is 4.79 Å². The van der Waals surface area contributed by atoms with E-state index in [4.69, 9.17) is 4.74 Å². The maximum absolute atomic E-state index is 11.6. The summed E-state index contributed by atoms with van der Waals surface area (Å²) < 4.78 is 4.77. The summed E-state index contributed by atoms with van der Waals surface area (Å²) in [5.74, 6) is -0.0375. The molecule has 1 aromatic rings. The molecule has 3 nitrogen and oxygen atoms in total. The molecule has 0 aliphatic rings. The first-order valence-electron chi connectivity index (χ1n) is 5.45. The molecule has 1 aromatic carbocycles. The third-order valence-electron chi connectivity index (χ3n) is 2.46. The number of ether oxygens (including phenoxy) is 1. The Kier molecular flexibility index (Phi) is 4.35. The average Bonchev–Trinajstić information content (AvgIpc) is 2.24. The van der Waals surface area contributed by atoms with Crippen LogP contribution in [0.3, 0.4) is 0 Å². The minimum atomic E-state index is -0.299. The SMILES string of the molecule is COC(=O)C(Nc1cccc(C)c1)C(C)C. The number of hydrogen-bond acceptors (Lipinski definition) is 3. The highest BCUT2D eigenvalue weighted by atomic mass is 16.5. The maximum Gasteiger partial charge on any atom is 0.328 e. The molecule has 0 aromatic heterocycles. The van der Waals surface area contributed by atoms with Crippen molar-refractivity contribution in [3.63, 3.8) is 0 Å². The van der Waals surface area contributed by atoms with Crippen LogP contribution in [-0.2, 0) is 9.53 Å². The number of benzene rings is 1. The summed E-state index contributed by atoms with van der Waals surface area (Å²) in [4.78, 5) is 11.6. The highest BCUT2D eigenvalue weighted by molar-refractivity contribution is 5.79. The number of rotatable bonds is 4. The van der Waals surface area contributed by atoms with Gasteiger partial charge in [0, 0.05) is 5.69 Å². The Morgan fingerprint density at radius 3 is 2.56 bits per heavy atom. The number of anilines is 1. The third-order valence-corrected chi connectivity index (χ3v) is 2.46. The number of nitrogens with one attached hydrogen (secondary N) is 1. The number of carbonyl (C=O) groups excluding carboxylic acids is 1. The van der Waals surface area contributed by atoms with Crippen LogP contribution < -0.4 is 5.32 Å².